The van der Waals surface area contributed by atoms with Crippen LogP contribution in [0.2, 0.25) is 0 Å². The average molecular weight is 270 g/mol. The van der Waals surface area contributed by atoms with Crippen LogP contribution in [-0.4, -0.2) is 41.8 Å². The first-order chi connectivity index (χ1) is 9.15. The molecule has 4 nitrogen and oxygen atoms in total. The number of aliphatic hydroxyl groups excluding tert-OH is 1. The van der Waals surface area contributed by atoms with E-state index in [1.54, 1.807) is 0 Å². The Morgan fingerprint density at radius 2 is 2.00 bits per heavy atom. The maximum absolute atomic E-state index is 12.2. The number of aliphatic hydroxyl groups is 1. The second-order valence-electron chi connectivity index (χ2n) is 5.98. The van der Waals surface area contributed by atoms with Crippen LogP contribution < -0.4 is 5.32 Å². The number of nitrogens with zero attached hydrogens (tertiary/aromatic N) is 1. The smallest absolute Gasteiger partial charge is 0.317 e. The van der Waals surface area contributed by atoms with Crippen LogP contribution in [0.3, 0.4) is 0 Å². The Bertz CT molecular complexity index is 251. The van der Waals surface area contributed by atoms with Crippen LogP contribution in [0, 0.1) is 5.92 Å². The molecule has 1 aliphatic rings. The molecule has 0 aromatic heterocycles. The van der Waals surface area contributed by atoms with E-state index in [1.807, 2.05) is 4.90 Å². The monoisotopic (exact) mass is 270 g/mol. The summed E-state index contributed by atoms with van der Waals surface area (Å²) in [5.74, 6) is 0.684. The molecule has 4 heteroatoms. The van der Waals surface area contributed by atoms with E-state index in [4.69, 9.17) is 5.11 Å². The minimum Gasteiger partial charge on any atom is -0.395 e. The molecule has 1 saturated carbocycles. The second kappa shape index (κ2) is 9.18. The number of nitrogens with one attached hydrogen (secondary N) is 1. The number of urea groups is 1. The zero-order valence-electron chi connectivity index (χ0n) is 12.5. The Hall–Kier alpha value is -0.770. The van der Waals surface area contributed by atoms with Gasteiger partial charge in [0.2, 0.25) is 0 Å². The Kier molecular flexibility index (Phi) is 7.87. The molecule has 0 heterocycles. The van der Waals surface area contributed by atoms with Crippen molar-refractivity contribution in [2.75, 3.05) is 19.7 Å². The van der Waals surface area contributed by atoms with Crippen molar-refractivity contribution < 1.29 is 9.90 Å². The van der Waals surface area contributed by atoms with E-state index in [-0.39, 0.29) is 12.6 Å². The Labute approximate surface area is 117 Å². The summed E-state index contributed by atoms with van der Waals surface area (Å²) in [6, 6.07) is 0.329. The third-order valence-electron chi connectivity index (χ3n) is 3.85. The Morgan fingerprint density at radius 3 is 2.58 bits per heavy atom. The van der Waals surface area contributed by atoms with Crippen LogP contribution in [0.15, 0.2) is 0 Å². The third-order valence-corrected chi connectivity index (χ3v) is 3.85. The fraction of sp³-hybridized carbons (Fsp3) is 0.933. The minimum atomic E-state index is 0.00436. The normalized spacial score (nSPS) is 16.6. The highest BCUT2D eigenvalue weighted by Gasteiger charge is 2.24. The van der Waals surface area contributed by atoms with Crippen molar-refractivity contribution in [1.82, 2.24) is 10.2 Å². The highest BCUT2D eigenvalue weighted by molar-refractivity contribution is 5.74. The molecule has 0 atom stereocenters. The van der Waals surface area contributed by atoms with Crippen LogP contribution in [-0.2, 0) is 0 Å². The lowest BCUT2D eigenvalue weighted by molar-refractivity contribution is 0.134. The lowest BCUT2D eigenvalue weighted by Gasteiger charge is -2.34. The van der Waals surface area contributed by atoms with Gasteiger partial charge in [-0.05, 0) is 31.6 Å². The van der Waals surface area contributed by atoms with Crippen LogP contribution >= 0.6 is 0 Å². The summed E-state index contributed by atoms with van der Waals surface area (Å²) < 4.78 is 0. The molecule has 2 amide bonds. The second-order valence-corrected chi connectivity index (χ2v) is 5.98. The lowest BCUT2D eigenvalue weighted by atomic mass is 9.94. The minimum absolute atomic E-state index is 0.00436. The molecule has 0 aromatic rings. The molecule has 0 unspecified atom stereocenters. The Morgan fingerprint density at radius 1 is 1.32 bits per heavy atom. The molecule has 0 saturated heterocycles. The molecule has 1 fully saturated rings. The van der Waals surface area contributed by atoms with Gasteiger partial charge < -0.3 is 15.3 Å². The van der Waals surface area contributed by atoms with Crippen molar-refractivity contribution in [2.45, 2.75) is 64.8 Å². The van der Waals surface area contributed by atoms with Crippen LogP contribution in [0.4, 0.5) is 4.79 Å². The first-order valence-electron chi connectivity index (χ1n) is 7.80. The van der Waals surface area contributed by atoms with Crippen molar-refractivity contribution in [2.24, 2.45) is 5.92 Å². The van der Waals surface area contributed by atoms with Crippen molar-refractivity contribution in [3.8, 4) is 0 Å². The number of hydrogen-bond acceptors (Lipinski definition) is 2. The van der Waals surface area contributed by atoms with Crippen molar-refractivity contribution >= 4 is 6.03 Å². The number of carbonyl (C=O) groups excluding carboxylic acids is 1. The molecular weight excluding hydrogens is 240 g/mol. The largest absolute Gasteiger partial charge is 0.395 e. The van der Waals surface area contributed by atoms with Crippen LogP contribution in [0.1, 0.15) is 58.8 Å². The summed E-state index contributed by atoms with van der Waals surface area (Å²) in [6.45, 7) is 5.64. The average Bonchev–Trinajstić information content (AvgIpc) is 2.41. The standard InChI is InChI=1S/C15H30N2O2/c1-13(2)7-6-10-16-15(19)17(11-12-18)14-8-4-3-5-9-14/h13-14,18H,3-12H2,1-2H3,(H,16,19). The SMILES string of the molecule is CC(C)CCCNC(=O)N(CCO)C1CCCCC1. The van der Waals surface area contributed by atoms with E-state index < -0.39 is 0 Å². The van der Waals surface area contributed by atoms with Gasteiger partial charge in [0.25, 0.3) is 0 Å². The van der Waals surface area contributed by atoms with Crippen LogP contribution in [0.5, 0.6) is 0 Å². The van der Waals surface area contributed by atoms with Gasteiger partial charge in [0.1, 0.15) is 0 Å². The van der Waals surface area contributed by atoms with E-state index in [2.05, 4.69) is 19.2 Å². The quantitative estimate of drug-likeness (QED) is 0.699. The summed E-state index contributed by atoms with van der Waals surface area (Å²) in [6.07, 6.45) is 8.02. The number of carbonyl (C=O) groups is 1. The van der Waals surface area contributed by atoms with Gasteiger partial charge in [0, 0.05) is 19.1 Å². The molecule has 0 bridgehead atoms. The molecular formula is C15H30N2O2. The molecule has 19 heavy (non-hydrogen) atoms. The van der Waals surface area contributed by atoms with Gasteiger partial charge in [-0.1, -0.05) is 33.1 Å². The maximum Gasteiger partial charge on any atom is 0.317 e. The zero-order chi connectivity index (χ0) is 14.1. The van der Waals surface area contributed by atoms with E-state index in [1.165, 1.54) is 19.3 Å². The predicted molar refractivity (Wildman–Crippen MR) is 78.1 cm³/mol. The lowest BCUT2D eigenvalue weighted by Crippen LogP contribution is -2.48. The molecule has 0 aliphatic heterocycles. The molecule has 0 aromatic carbocycles. The van der Waals surface area contributed by atoms with Crippen LogP contribution in [0.25, 0.3) is 0 Å². The molecule has 1 rings (SSSR count). The van der Waals surface area contributed by atoms with E-state index in [9.17, 15) is 4.79 Å². The van der Waals surface area contributed by atoms with Crippen molar-refractivity contribution in [3.05, 3.63) is 0 Å². The van der Waals surface area contributed by atoms with Gasteiger partial charge >= 0.3 is 6.03 Å². The number of rotatable bonds is 7. The van der Waals surface area contributed by atoms with Crippen molar-refractivity contribution in [3.63, 3.8) is 0 Å². The fourth-order valence-electron chi connectivity index (χ4n) is 2.76. The third kappa shape index (κ3) is 6.28. The van der Waals surface area contributed by atoms with Gasteiger partial charge in [0.15, 0.2) is 0 Å². The molecule has 0 radical (unpaired) electrons. The number of amides is 2. The van der Waals surface area contributed by atoms with Gasteiger partial charge in [-0.3, -0.25) is 0 Å². The predicted octanol–water partition coefficient (Wildman–Crippen LogP) is 2.76. The van der Waals surface area contributed by atoms with E-state index in [0.717, 1.165) is 32.2 Å². The van der Waals surface area contributed by atoms with E-state index in [0.29, 0.717) is 18.5 Å². The maximum atomic E-state index is 12.2. The van der Waals surface area contributed by atoms with Gasteiger partial charge in [-0.2, -0.15) is 0 Å². The summed E-state index contributed by atoms with van der Waals surface area (Å²) in [4.78, 5) is 14.0. The molecule has 0 spiro atoms. The first kappa shape index (κ1) is 16.3. The summed E-state index contributed by atoms with van der Waals surface area (Å²) in [5.41, 5.74) is 0. The summed E-state index contributed by atoms with van der Waals surface area (Å²) in [5, 5.41) is 12.1. The Balaban J connectivity index is 2.34. The highest BCUT2D eigenvalue weighted by atomic mass is 16.3. The topological polar surface area (TPSA) is 52.6 Å². The summed E-state index contributed by atoms with van der Waals surface area (Å²) in [7, 11) is 0. The highest BCUT2D eigenvalue weighted by Crippen LogP contribution is 2.22. The van der Waals surface area contributed by atoms with Crippen molar-refractivity contribution in [1.29, 1.82) is 0 Å². The van der Waals surface area contributed by atoms with Gasteiger partial charge in [-0.15, -0.1) is 0 Å². The molecule has 1 aliphatic carbocycles. The van der Waals surface area contributed by atoms with E-state index >= 15 is 0 Å². The summed E-state index contributed by atoms with van der Waals surface area (Å²) >= 11 is 0. The molecule has 112 valence electrons. The van der Waals surface area contributed by atoms with Gasteiger partial charge in [0.05, 0.1) is 6.61 Å². The van der Waals surface area contributed by atoms with Gasteiger partial charge in [-0.25, -0.2) is 4.79 Å². The zero-order valence-corrected chi connectivity index (χ0v) is 12.5. The first-order valence-corrected chi connectivity index (χ1v) is 7.80. The number of hydrogen-bond donors (Lipinski definition) is 2. The molecule has 2 N–H and O–H groups in total. The fourth-order valence-corrected chi connectivity index (χ4v) is 2.76.